The van der Waals surface area contributed by atoms with Crippen LogP contribution in [0.15, 0.2) is 24.3 Å². The summed E-state index contributed by atoms with van der Waals surface area (Å²) < 4.78 is 5.50. The summed E-state index contributed by atoms with van der Waals surface area (Å²) in [7, 11) is 0. The highest BCUT2D eigenvalue weighted by atomic mass is 16.5. The van der Waals surface area contributed by atoms with Crippen LogP contribution >= 0.6 is 0 Å². The lowest BCUT2D eigenvalue weighted by Crippen LogP contribution is -2.25. The minimum atomic E-state index is -0.459. The van der Waals surface area contributed by atoms with Crippen LogP contribution in [-0.4, -0.2) is 31.0 Å². The third-order valence-electron chi connectivity index (χ3n) is 3.41. The number of aliphatic hydroxyl groups is 1. The summed E-state index contributed by atoms with van der Waals surface area (Å²) in [5.41, 5.74) is 2.41. The van der Waals surface area contributed by atoms with E-state index in [1.165, 1.54) is 18.4 Å². The van der Waals surface area contributed by atoms with Gasteiger partial charge in [-0.25, -0.2) is 0 Å². The number of hydrogen-bond acceptors (Lipinski definition) is 3. The van der Waals surface area contributed by atoms with Gasteiger partial charge in [0.25, 0.3) is 0 Å². The number of anilines is 1. The van der Waals surface area contributed by atoms with E-state index in [0.29, 0.717) is 13.2 Å². The van der Waals surface area contributed by atoms with Crippen LogP contribution in [0.5, 0.6) is 0 Å². The van der Waals surface area contributed by atoms with Gasteiger partial charge >= 0.3 is 0 Å². The average Bonchev–Trinajstić information content (AvgIpc) is 2.46. The lowest BCUT2D eigenvalue weighted by atomic mass is 10.1. The Labute approximate surface area is 129 Å². The fourth-order valence-electron chi connectivity index (χ4n) is 2.19. The predicted octanol–water partition coefficient (Wildman–Crippen LogP) is 3.86. The largest absolute Gasteiger partial charge is 0.389 e. The van der Waals surface area contributed by atoms with E-state index in [9.17, 15) is 5.11 Å². The number of aryl methyl sites for hydroxylation is 1. The topological polar surface area (TPSA) is 41.5 Å². The van der Waals surface area contributed by atoms with Crippen molar-refractivity contribution in [1.29, 1.82) is 0 Å². The number of nitrogens with one attached hydrogen (secondary N) is 1. The monoisotopic (exact) mass is 293 g/mol. The molecule has 0 fully saturated rings. The standard InChI is InChI=1S/C18H31NO2/c1-4-6-16-8-10-17(11-9-16)19-13-18(20)14-21-12-5-7-15(2)3/h8-11,15,18-20H,4-7,12-14H2,1-3H3. The van der Waals surface area contributed by atoms with Crippen LogP contribution in [-0.2, 0) is 11.2 Å². The Hall–Kier alpha value is -1.06. The number of benzene rings is 1. The molecule has 0 saturated carbocycles. The Balaban J connectivity index is 2.13. The van der Waals surface area contributed by atoms with Crippen LogP contribution in [0, 0.1) is 5.92 Å². The van der Waals surface area contributed by atoms with E-state index in [0.717, 1.165) is 31.1 Å². The molecule has 120 valence electrons. The van der Waals surface area contributed by atoms with Crippen molar-refractivity contribution in [3.63, 3.8) is 0 Å². The van der Waals surface area contributed by atoms with Crippen molar-refractivity contribution in [3.8, 4) is 0 Å². The Bertz CT molecular complexity index is 362. The Morgan fingerprint density at radius 3 is 2.52 bits per heavy atom. The maximum Gasteiger partial charge on any atom is 0.0945 e. The molecule has 0 spiro atoms. The summed E-state index contributed by atoms with van der Waals surface area (Å²) in [6.07, 6.45) is 4.07. The summed E-state index contributed by atoms with van der Waals surface area (Å²) in [4.78, 5) is 0. The molecule has 1 atom stereocenters. The molecular weight excluding hydrogens is 262 g/mol. The van der Waals surface area contributed by atoms with Gasteiger partial charge in [-0.1, -0.05) is 39.3 Å². The second-order valence-electron chi connectivity index (χ2n) is 6.09. The number of ether oxygens (including phenoxy) is 1. The van der Waals surface area contributed by atoms with Gasteiger partial charge in [-0.05, 0) is 42.9 Å². The normalized spacial score (nSPS) is 12.6. The van der Waals surface area contributed by atoms with Gasteiger partial charge in [-0.15, -0.1) is 0 Å². The zero-order valence-electron chi connectivity index (χ0n) is 13.8. The summed E-state index contributed by atoms with van der Waals surface area (Å²) >= 11 is 0. The second kappa shape index (κ2) is 10.6. The summed E-state index contributed by atoms with van der Waals surface area (Å²) in [5, 5.41) is 13.1. The molecule has 1 aromatic rings. The molecule has 1 aromatic carbocycles. The molecule has 1 unspecified atom stereocenters. The summed E-state index contributed by atoms with van der Waals surface area (Å²) in [6.45, 7) is 8.27. The lowest BCUT2D eigenvalue weighted by Gasteiger charge is -2.14. The first kappa shape index (κ1) is 18.0. The summed E-state index contributed by atoms with van der Waals surface area (Å²) in [6, 6.07) is 8.42. The molecule has 21 heavy (non-hydrogen) atoms. The van der Waals surface area contributed by atoms with Gasteiger partial charge in [0, 0.05) is 18.8 Å². The van der Waals surface area contributed by atoms with Crippen LogP contribution in [0.25, 0.3) is 0 Å². The molecule has 1 rings (SSSR count). The fraction of sp³-hybridized carbons (Fsp3) is 0.667. The SMILES string of the molecule is CCCc1ccc(NCC(O)COCCCC(C)C)cc1. The van der Waals surface area contributed by atoms with E-state index >= 15 is 0 Å². The molecular formula is C18H31NO2. The van der Waals surface area contributed by atoms with Crippen molar-refractivity contribution in [3.05, 3.63) is 29.8 Å². The molecule has 0 heterocycles. The van der Waals surface area contributed by atoms with E-state index in [1.807, 2.05) is 0 Å². The van der Waals surface area contributed by atoms with Crippen molar-refractivity contribution < 1.29 is 9.84 Å². The highest BCUT2D eigenvalue weighted by molar-refractivity contribution is 5.44. The number of rotatable bonds is 11. The minimum absolute atomic E-state index is 0.402. The fourth-order valence-corrected chi connectivity index (χ4v) is 2.19. The van der Waals surface area contributed by atoms with Crippen molar-refractivity contribution in [2.45, 2.75) is 52.6 Å². The molecule has 0 radical (unpaired) electrons. The van der Waals surface area contributed by atoms with E-state index in [-0.39, 0.29) is 0 Å². The number of aliphatic hydroxyl groups excluding tert-OH is 1. The number of hydrogen-bond donors (Lipinski definition) is 2. The third kappa shape index (κ3) is 8.74. The summed E-state index contributed by atoms with van der Waals surface area (Å²) in [5.74, 6) is 0.718. The molecule has 0 saturated heterocycles. The van der Waals surface area contributed by atoms with Crippen LogP contribution < -0.4 is 5.32 Å². The van der Waals surface area contributed by atoms with Crippen LogP contribution in [0.1, 0.15) is 45.6 Å². The molecule has 2 N–H and O–H groups in total. The minimum Gasteiger partial charge on any atom is -0.389 e. The van der Waals surface area contributed by atoms with E-state index in [2.05, 4.69) is 50.4 Å². The van der Waals surface area contributed by atoms with Gasteiger partial charge in [-0.3, -0.25) is 0 Å². The molecule has 3 heteroatoms. The van der Waals surface area contributed by atoms with Gasteiger partial charge < -0.3 is 15.2 Å². The smallest absolute Gasteiger partial charge is 0.0945 e. The van der Waals surface area contributed by atoms with Gasteiger partial charge in [0.05, 0.1) is 12.7 Å². The second-order valence-corrected chi connectivity index (χ2v) is 6.09. The first-order chi connectivity index (χ1) is 10.1. The molecule has 0 aliphatic carbocycles. The quantitative estimate of drug-likeness (QED) is 0.609. The highest BCUT2D eigenvalue weighted by Crippen LogP contribution is 2.11. The molecule has 0 aliphatic heterocycles. The van der Waals surface area contributed by atoms with Gasteiger partial charge in [-0.2, -0.15) is 0 Å². The molecule has 0 aromatic heterocycles. The van der Waals surface area contributed by atoms with Crippen LogP contribution in [0.3, 0.4) is 0 Å². The van der Waals surface area contributed by atoms with Crippen LogP contribution in [0.2, 0.25) is 0 Å². The zero-order valence-corrected chi connectivity index (χ0v) is 13.8. The van der Waals surface area contributed by atoms with Gasteiger partial charge in [0.15, 0.2) is 0 Å². The molecule has 0 amide bonds. The van der Waals surface area contributed by atoms with Crippen molar-refractivity contribution >= 4 is 5.69 Å². The average molecular weight is 293 g/mol. The van der Waals surface area contributed by atoms with E-state index < -0.39 is 6.10 Å². The molecule has 0 bridgehead atoms. The maximum absolute atomic E-state index is 9.87. The van der Waals surface area contributed by atoms with E-state index in [1.54, 1.807) is 0 Å². The highest BCUT2D eigenvalue weighted by Gasteiger charge is 2.04. The molecule has 0 aliphatic rings. The first-order valence-corrected chi connectivity index (χ1v) is 8.20. The zero-order chi connectivity index (χ0) is 15.5. The Kier molecular flexibility index (Phi) is 9.11. The lowest BCUT2D eigenvalue weighted by molar-refractivity contribution is 0.0409. The van der Waals surface area contributed by atoms with E-state index in [4.69, 9.17) is 4.74 Å². The first-order valence-electron chi connectivity index (χ1n) is 8.20. The predicted molar refractivity (Wildman–Crippen MR) is 89.8 cm³/mol. The van der Waals surface area contributed by atoms with Crippen molar-refractivity contribution in [2.24, 2.45) is 5.92 Å². The van der Waals surface area contributed by atoms with Crippen molar-refractivity contribution in [1.82, 2.24) is 0 Å². The Morgan fingerprint density at radius 2 is 1.90 bits per heavy atom. The molecule has 3 nitrogen and oxygen atoms in total. The maximum atomic E-state index is 9.87. The van der Waals surface area contributed by atoms with Crippen LogP contribution in [0.4, 0.5) is 5.69 Å². The Morgan fingerprint density at radius 1 is 1.19 bits per heavy atom. The van der Waals surface area contributed by atoms with Gasteiger partial charge in [0.2, 0.25) is 0 Å². The van der Waals surface area contributed by atoms with Crippen molar-refractivity contribution in [2.75, 3.05) is 25.1 Å². The van der Waals surface area contributed by atoms with Gasteiger partial charge in [0.1, 0.15) is 0 Å². The third-order valence-corrected chi connectivity index (χ3v) is 3.41.